The maximum Gasteiger partial charge on any atom is 0.273 e. The standard InChI is InChI=1S/C24H28N4O2/c1-18-6-3-8-23(26-18)28-24(29)16-21(17-25-28)20-9-11-22(12-10-20)30-15-5-14-27-13-4-7-19(27)2/h3,6,8-12,16-17,19H,4-5,7,13-15H2,1-2H3/t19-/m1/s1. The van der Waals surface area contributed by atoms with E-state index in [1.807, 2.05) is 43.3 Å². The average Bonchev–Trinajstić information content (AvgIpc) is 3.16. The van der Waals surface area contributed by atoms with Crippen molar-refractivity contribution in [3.63, 3.8) is 0 Å². The SMILES string of the molecule is Cc1cccc(-n2ncc(-c3ccc(OCCCN4CCC[C@H]4C)cc3)cc2=O)n1. The van der Waals surface area contributed by atoms with Crippen molar-refractivity contribution in [1.82, 2.24) is 19.7 Å². The number of nitrogens with zero attached hydrogens (tertiary/aromatic N) is 4. The summed E-state index contributed by atoms with van der Waals surface area (Å²) in [5, 5.41) is 4.30. The topological polar surface area (TPSA) is 60.2 Å². The third-order valence-electron chi connectivity index (χ3n) is 5.63. The van der Waals surface area contributed by atoms with Crippen LogP contribution in [0, 0.1) is 6.92 Å². The molecule has 0 unspecified atom stereocenters. The second-order valence-electron chi connectivity index (χ2n) is 7.89. The minimum Gasteiger partial charge on any atom is -0.494 e. The van der Waals surface area contributed by atoms with E-state index in [9.17, 15) is 4.79 Å². The molecule has 2 aromatic heterocycles. The van der Waals surface area contributed by atoms with Crippen LogP contribution in [-0.2, 0) is 0 Å². The fraction of sp³-hybridized carbons (Fsp3) is 0.375. The van der Waals surface area contributed by atoms with Crippen molar-refractivity contribution < 1.29 is 4.74 Å². The number of aryl methyl sites for hydroxylation is 1. The molecule has 30 heavy (non-hydrogen) atoms. The van der Waals surface area contributed by atoms with E-state index in [2.05, 4.69) is 21.9 Å². The number of pyridine rings is 1. The lowest BCUT2D eigenvalue weighted by Crippen LogP contribution is -2.28. The molecule has 3 heterocycles. The fourth-order valence-electron chi connectivity index (χ4n) is 3.91. The van der Waals surface area contributed by atoms with Crippen LogP contribution < -0.4 is 10.3 Å². The van der Waals surface area contributed by atoms with Crippen LogP contribution in [0.3, 0.4) is 0 Å². The first-order valence-corrected chi connectivity index (χ1v) is 10.6. The van der Waals surface area contributed by atoms with Crippen molar-refractivity contribution >= 4 is 0 Å². The molecular weight excluding hydrogens is 376 g/mol. The number of hydrogen-bond acceptors (Lipinski definition) is 5. The monoisotopic (exact) mass is 404 g/mol. The molecule has 0 amide bonds. The van der Waals surface area contributed by atoms with E-state index in [0.717, 1.165) is 35.5 Å². The van der Waals surface area contributed by atoms with Gasteiger partial charge in [0.05, 0.1) is 12.8 Å². The summed E-state index contributed by atoms with van der Waals surface area (Å²) in [5.41, 5.74) is 2.35. The van der Waals surface area contributed by atoms with Crippen molar-refractivity contribution in [3.8, 4) is 22.7 Å². The maximum absolute atomic E-state index is 12.5. The van der Waals surface area contributed by atoms with E-state index in [1.54, 1.807) is 18.3 Å². The minimum absolute atomic E-state index is 0.206. The van der Waals surface area contributed by atoms with Crippen LogP contribution in [-0.4, -0.2) is 45.4 Å². The third-order valence-corrected chi connectivity index (χ3v) is 5.63. The number of rotatable bonds is 7. The molecule has 1 aliphatic rings. The van der Waals surface area contributed by atoms with Gasteiger partial charge in [0.1, 0.15) is 5.75 Å². The van der Waals surface area contributed by atoms with Crippen LogP contribution in [0.15, 0.2) is 59.5 Å². The van der Waals surface area contributed by atoms with Gasteiger partial charge in [-0.15, -0.1) is 0 Å². The van der Waals surface area contributed by atoms with Crippen molar-refractivity contribution in [2.24, 2.45) is 0 Å². The molecule has 1 aromatic carbocycles. The number of ether oxygens (including phenoxy) is 1. The lowest BCUT2D eigenvalue weighted by atomic mass is 10.1. The van der Waals surface area contributed by atoms with Crippen molar-refractivity contribution in [2.75, 3.05) is 19.7 Å². The van der Waals surface area contributed by atoms with Crippen molar-refractivity contribution in [1.29, 1.82) is 0 Å². The molecule has 1 saturated heterocycles. The number of benzene rings is 1. The smallest absolute Gasteiger partial charge is 0.273 e. The third kappa shape index (κ3) is 4.76. The molecule has 0 bridgehead atoms. The van der Waals surface area contributed by atoms with Crippen molar-refractivity contribution in [3.05, 3.63) is 70.8 Å². The van der Waals surface area contributed by atoms with Gasteiger partial charge in [-0.3, -0.25) is 4.79 Å². The van der Waals surface area contributed by atoms with Gasteiger partial charge in [0.2, 0.25) is 0 Å². The molecule has 6 nitrogen and oxygen atoms in total. The van der Waals surface area contributed by atoms with Gasteiger partial charge >= 0.3 is 0 Å². The zero-order chi connectivity index (χ0) is 20.9. The van der Waals surface area contributed by atoms with Gasteiger partial charge in [0, 0.05) is 29.9 Å². The van der Waals surface area contributed by atoms with Gasteiger partial charge in [0.25, 0.3) is 5.56 Å². The van der Waals surface area contributed by atoms with Crippen LogP contribution in [0.1, 0.15) is 31.9 Å². The predicted octanol–water partition coefficient (Wildman–Crippen LogP) is 3.86. The summed E-state index contributed by atoms with van der Waals surface area (Å²) in [6.45, 7) is 7.21. The molecule has 6 heteroatoms. The number of likely N-dealkylation sites (tertiary alicyclic amines) is 1. The van der Waals surface area contributed by atoms with Gasteiger partial charge < -0.3 is 9.64 Å². The van der Waals surface area contributed by atoms with E-state index in [1.165, 1.54) is 24.1 Å². The lowest BCUT2D eigenvalue weighted by Gasteiger charge is -2.20. The molecule has 156 valence electrons. The molecule has 1 aliphatic heterocycles. The second kappa shape index (κ2) is 9.22. The maximum atomic E-state index is 12.5. The number of aromatic nitrogens is 3. The zero-order valence-corrected chi connectivity index (χ0v) is 17.6. The molecular formula is C24H28N4O2. The first-order valence-electron chi connectivity index (χ1n) is 10.6. The highest BCUT2D eigenvalue weighted by Crippen LogP contribution is 2.21. The second-order valence-corrected chi connectivity index (χ2v) is 7.89. The van der Waals surface area contributed by atoms with Crippen LogP contribution in [0.25, 0.3) is 16.9 Å². The van der Waals surface area contributed by atoms with Gasteiger partial charge in [-0.25, -0.2) is 4.98 Å². The molecule has 0 aliphatic carbocycles. The molecule has 0 radical (unpaired) electrons. The Balaban J connectivity index is 1.36. The van der Waals surface area contributed by atoms with E-state index in [-0.39, 0.29) is 5.56 Å². The van der Waals surface area contributed by atoms with Crippen LogP contribution >= 0.6 is 0 Å². The Hall–Kier alpha value is -2.99. The summed E-state index contributed by atoms with van der Waals surface area (Å²) in [6.07, 6.45) is 5.34. The molecule has 1 fully saturated rings. The first kappa shape index (κ1) is 20.3. The highest BCUT2D eigenvalue weighted by Gasteiger charge is 2.19. The van der Waals surface area contributed by atoms with Gasteiger partial charge in [-0.2, -0.15) is 9.78 Å². The lowest BCUT2D eigenvalue weighted by molar-refractivity contribution is 0.230. The average molecular weight is 405 g/mol. The molecule has 4 rings (SSSR count). The molecule has 1 atom stereocenters. The molecule has 3 aromatic rings. The van der Waals surface area contributed by atoms with Gasteiger partial charge in [0.15, 0.2) is 5.82 Å². The Kier molecular flexibility index (Phi) is 6.23. The summed E-state index contributed by atoms with van der Waals surface area (Å²) < 4.78 is 7.20. The largest absolute Gasteiger partial charge is 0.494 e. The van der Waals surface area contributed by atoms with E-state index in [0.29, 0.717) is 18.5 Å². The molecule has 0 spiro atoms. The Morgan fingerprint density at radius 1 is 1.13 bits per heavy atom. The highest BCUT2D eigenvalue weighted by molar-refractivity contribution is 5.62. The molecule has 0 saturated carbocycles. The van der Waals surface area contributed by atoms with Gasteiger partial charge in [-0.05, 0) is 69.5 Å². The Morgan fingerprint density at radius 3 is 2.67 bits per heavy atom. The summed E-state index contributed by atoms with van der Waals surface area (Å²) in [7, 11) is 0. The first-order chi connectivity index (χ1) is 14.6. The minimum atomic E-state index is -0.206. The van der Waals surface area contributed by atoms with Crippen molar-refractivity contribution in [2.45, 2.75) is 39.2 Å². The van der Waals surface area contributed by atoms with Crippen LogP contribution in [0.4, 0.5) is 0 Å². The Morgan fingerprint density at radius 2 is 1.97 bits per heavy atom. The van der Waals surface area contributed by atoms with E-state index in [4.69, 9.17) is 4.74 Å². The highest BCUT2D eigenvalue weighted by atomic mass is 16.5. The quantitative estimate of drug-likeness (QED) is 0.560. The number of hydrogen-bond donors (Lipinski definition) is 0. The predicted molar refractivity (Wildman–Crippen MR) is 118 cm³/mol. The molecule has 0 N–H and O–H groups in total. The fourth-order valence-corrected chi connectivity index (χ4v) is 3.91. The summed E-state index contributed by atoms with van der Waals surface area (Å²) >= 11 is 0. The normalized spacial score (nSPS) is 16.7. The Bertz CT molecular complexity index is 1050. The Labute approximate surface area is 177 Å². The van der Waals surface area contributed by atoms with E-state index < -0.39 is 0 Å². The van der Waals surface area contributed by atoms with E-state index >= 15 is 0 Å². The summed E-state index contributed by atoms with van der Waals surface area (Å²) in [5.74, 6) is 1.37. The van der Waals surface area contributed by atoms with Crippen LogP contribution in [0.2, 0.25) is 0 Å². The van der Waals surface area contributed by atoms with Crippen LogP contribution in [0.5, 0.6) is 5.75 Å². The summed E-state index contributed by atoms with van der Waals surface area (Å²) in [4.78, 5) is 19.4. The van der Waals surface area contributed by atoms with Gasteiger partial charge in [-0.1, -0.05) is 18.2 Å². The zero-order valence-electron chi connectivity index (χ0n) is 17.6. The summed E-state index contributed by atoms with van der Waals surface area (Å²) in [6, 6.07) is 15.6.